The molecule has 1 aromatic heterocycles. The Labute approximate surface area is 179 Å². The smallest absolute Gasteiger partial charge is 0.182 e. The predicted octanol–water partition coefficient (Wildman–Crippen LogP) is 4.71. The second-order valence-electron chi connectivity index (χ2n) is 7.14. The molecule has 6 heteroatoms. The summed E-state index contributed by atoms with van der Waals surface area (Å²) in [6.45, 7) is 5.21. The maximum atomic E-state index is 11.8. The van der Waals surface area contributed by atoms with Crippen LogP contribution in [-0.4, -0.2) is 25.4 Å². The Bertz CT molecular complexity index is 918. The van der Waals surface area contributed by atoms with Crippen LogP contribution in [0.25, 0.3) is 5.57 Å². The molecule has 1 aromatic carbocycles. The van der Waals surface area contributed by atoms with Gasteiger partial charge in [-0.3, -0.25) is 4.79 Å². The highest BCUT2D eigenvalue weighted by Gasteiger charge is 2.23. The minimum atomic E-state index is 0.0263. The Morgan fingerprint density at radius 2 is 1.79 bits per heavy atom. The lowest BCUT2D eigenvalue weighted by molar-refractivity contribution is 0.280. The van der Waals surface area contributed by atoms with E-state index >= 15 is 0 Å². The Balaban J connectivity index is 1.98. The van der Waals surface area contributed by atoms with Gasteiger partial charge in [0.1, 0.15) is 0 Å². The van der Waals surface area contributed by atoms with Gasteiger partial charge in [0.25, 0.3) is 0 Å². The van der Waals surface area contributed by atoms with Crippen LogP contribution in [0.2, 0.25) is 0 Å². The first kappa shape index (κ1) is 20.8. The average molecular weight is 495 g/mol. The number of hydrogen-bond acceptors (Lipinski definition) is 4. The molecule has 1 heterocycles. The summed E-state index contributed by atoms with van der Waals surface area (Å²) in [6.07, 6.45) is 2.47. The summed E-state index contributed by atoms with van der Waals surface area (Å²) in [7, 11) is 3.32. The molecule has 0 amide bonds. The van der Waals surface area contributed by atoms with Gasteiger partial charge in [-0.15, -0.1) is 0 Å². The van der Waals surface area contributed by atoms with Crippen LogP contribution in [0.1, 0.15) is 29.8 Å². The SMILES string of the molecule is CO/C(I)=C(/Cn1c(C)cc(=O)cc1C)c1ccc(OC)c(OCC2CC2)c1. The molecule has 2 aromatic rings. The minimum Gasteiger partial charge on any atom is -0.493 e. The van der Waals surface area contributed by atoms with Crippen molar-refractivity contribution in [3.8, 4) is 11.5 Å². The van der Waals surface area contributed by atoms with E-state index in [9.17, 15) is 4.79 Å². The molecule has 1 saturated carbocycles. The fraction of sp³-hybridized carbons (Fsp3) is 0.409. The van der Waals surface area contributed by atoms with Crippen LogP contribution in [0, 0.1) is 19.8 Å². The molecule has 1 aliphatic carbocycles. The monoisotopic (exact) mass is 495 g/mol. The van der Waals surface area contributed by atoms with Gasteiger partial charge in [0.15, 0.2) is 20.7 Å². The van der Waals surface area contributed by atoms with Crippen molar-refractivity contribution in [3.05, 3.63) is 61.3 Å². The molecule has 0 unspecified atom stereocenters. The first-order chi connectivity index (χ1) is 13.4. The normalized spacial score (nSPS) is 14.5. The van der Waals surface area contributed by atoms with Crippen LogP contribution >= 0.6 is 22.6 Å². The summed E-state index contributed by atoms with van der Waals surface area (Å²) < 4.78 is 20.0. The highest BCUT2D eigenvalue weighted by molar-refractivity contribution is 14.1. The number of nitrogens with zero attached hydrogens (tertiary/aromatic N) is 1. The minimum absolute atomic E-state index is 0.0263. The van der Waals surface area contributed by atoms with Gasteiger partial charge >= 0.3 is 0 Å². The zero-order valence-electron chi connectivity index (χ0n) is 16.8. The molecule has 28 heavy (non-hydrogen) atoms. The molecule has 150 valence electrons. The predicted molar refractivity (Wildman–Crippen MR) is 119 cm³/mol. The number of halogens is 1. The Hall–Kier alpha value is -1.96. The molecule has 0 atom stereocenters. The second-order valence-corrected chi connectivity index (χ2v) is 8.12. The van der Waals surface area contributed by atoms with Crippen molar-refractivity contribution in [2.24, 2.45) is 5.92 Å². The maximum Gasteiger partial charge on any atom is 0.182 e. The van der Waals surface area contributed by atoms with E-state index in [2.05, 4.69) is 27.2 Å². The van der Waals surface area contributed by atoms with Crippen molar-refractivity contribution in [2.45, 2.75) is 33.2 Å². The summed E-state index contributed by atoms with van der Waals surface area (Å²) in [6, 6.07) is 9.28. The van der Waals surface area contributed by atoms with Gasteiger partial charge in [-0.2, -0.15) is 0 Å². The number of methoxy groups -OCH3 is 2. The molecule has 0 saturated heterocycles. The Morgan fingerprint density at radius 1 is 1.11 bits per heavy atom. The van der Waals surface area contributed by atoms with Crippen molar-refractivity contribution < 1.29 is 14.2 Å². The fourth-order valence-electron chi connectivity index (χ4n) is 3.15. The molecule has 1 fully saturated rings. The second kappa shape index (κ2) is 9.03. The van der Waals surface area contributed by atoms with Crippen LogP contribution in [0.3, 0.4) is 0 Å². The van der Waals surface area contributed by atoms with Gasteiger partial charge in [0.05, 0.1) is 27.4 Å². The van der Waals surface area contributed by atoms with Gasteiger partial charge in [-0.05, 0) is 72.9 Å². The number of rotatable bonds is 8. The van der Waals surface area contributed by atoms with E-state index in [1.807, 2.05) is 32.0 Å². The number of aromatic nitrogens is 1. The van der Waals surface area contributed by atoms with Crippen LogP contribution in [0.15, 0.2) is 38.9 Å². The third-order valence-electron chi connectivity index (χ3n) is 4.97. The molecular formula is C22H26INO4. The van der Waals surface area contributed by atoms with E-state index in [0.717, 1.165) is 44.4 Å². The largest absolute Gasteiger partial charge is 0.493 e. The van der Waals surface area contributed by atoms with Gasteiger partial charge < -0.3 is 18.8 Å². The lowest BCUT2D eigenvalue weighted by atomic mass is 10.1. The average Bonchev–Trinajstić information content (AvgIpc) is 3.49. The first-order valence-corrected chi connectivity index (χ1v) is 10.4. The zero-order valence-corrected chi connectivity index (χ0v) is 18.9. The summed E-state index contributed by atoms with van der Waals surface area (Å²) in [4.78, 5) is 11.8. The van der Waals surface area contributed by atoms with Gasteiger partial charge in [-0.1, -0.05) is 6.07 Å². The van der Waals surface area contributed by atoms with E-state index in [1.165, 1.54) is 12.8 Å². The van der Waals surface area contributed by atoms with Crippen LogP contribution < -0.4 is 14.9 Å². The Morgan fingerprint density at radius 3 is 2.36 bits per heavy atom. The molecule has 0 radical (unpaired) electrons. The van der Waals surface area contributed by atoms with Crippen molar-refractivity contribution in [1.29, 1.82) is 0 Å². The molecule has 1 aliphatic rings. The van der Waals surface area contributed by atoms with Crippen LogP contribution in [0.4, 0.5) is 0 Å². The number of ether oxygens (including phenoxy) is 3. The molecule has 0 bridgehead atoms. The summed E-state index contributed by atoms with van der Waals surface area (Å²) in [5, 5.41) is 0. The van der Waals surface area contributed by atoms with Crippen molar-refractivity contribution >= 4 is 28.2 Å². The van der Waals surface area contributed by atoms with Gasteiger partial charge in [0.2, 0.25) is 0 Å². The molecule has 3 rings (SSSR count). The van der Waals surface area contributed by atoms with E-state index in [0.29, 0.717) is 12.5 Å². The lowest BCUT2D eigenvalue weighted by Crippen LogP contribution is -2.14. The van der Waals surface area contributed by atoms with E-state index in [4.69, 9.17) is 14.2 Å². The third kappa shape index (κ3) is 4.90. The molecule has 0 N–H and O–H groups in total. The highest BCUT2D eigenvalue weighted by Crippen LogP contribution is 2.36. The Kier molecular flexibility index (Phi) is 6.69. The maximum absolute atomic E-state index is 11.8. The molecule has 5 nitrogen and oxygen atoms in total. The topological polar surface area (TPSA) is 49.7 Å². The standard InChI is InChI=1S/C22H26INO4/c1-14-9-18(25)10-15(2)24(14)12-19(22(23)27-4)17-7-8-20(26-3)21(11-17)28-13-16-5-6-16/h7-11,16H,5-6,12-13H2,1-4H3/b22-19-. The van der Waals surface area contributed by atoms with E-state index in [1.54, 1.807) is 26.4 Å². The van der Waals surface area contributed by atoms with Gasteiger partial charge in [-0.25, -0.2) is 0 Å². The number of pyridine rings is 1. The first-order valence-electron chi connectivity index (χ1n) is 9.35. The van der Waals surface area contributed by atoms with E-state index in [-0.39, 0.29) is 5.43 Å². The molecule has 0 aliphatic heterocycles. The number of hydrogen-bond donors (Lipinski definition) is 0. The highest BCUT2D eigenvalue weighted by atomic mass is 127. The summed E-state index contributed by atoms with van der Waals surface area (Å²) >= 11 is 2.21. The van der Waals surface area contributed by atoms with Gasteiger partial charge in [0, 0.05) is 29.1 Å². The lowest BCUT2D eigenvalue weighted by Gasteiger charge is -2.19. The molecular weight excluding hydrogens is 469 g/mol. The fourth-order valence-corrected chi connectivity index (χ4v) is 3.64. The van der Waals surface area contributed by atoms with Crippen LogP contribution in [0.5, 0.6) is 11.5 Å². The number of benzene rings is 1. The van der Waals surface area contributed by atoms with E-state index < -0.39 is 0 Å². The third-order valence-corrected chi connectivity index (χ3v) is 6.06. The quantitative estimate of drug-likeness (QED) is 0.393. The number of allylic oxidation sites excluding steroid dienone is 1. The summed E-state index contributed by atoms with van der Waals surface area (Å²) in [5.41, 5.74) is 3.90. The van der Waals surface area contributed by atoms with Crippen molar-refractivity contribution in [3.63, 3.8) is 0 Å². The number of aryl methyl sites for hydroxylation is 2. The van der Waals surface area contributed by atoms with Crippen LogP contribution in [-0.2, 0) is 11.3 Å². The zero-order chi connectivity index (χ0) is 20.3. The van der Waals surface area contributed by atoms with Crippen molar-refractivity contribution in [1.82, 2.24) is 4.57 Å². The summed E-state index contributed by atoms with van der Waals surface area (Å²) in [5.74, 6) is 2.14. The molecule has 0 spiro atoms. The van der Waals surface area contributed by atoms with Crippen molar-refractivity contribution in [2.75, 3.05) is 20.8 Å².